The van der Waals surface area contributed by atoms with Crippen molar-refractivity contribution in [2.24, 2.45) is 0 Å². The molecule has 0 aliphatic rings. The Morgan fingerprint density at radius 2 is 1.50 bits per heavy atom. The molecule has 0 aromatic rings. The molecule has 62 valence electrons. The van der Waals surface area contributed by atoms with Gasteiger partial charge in [0.25, 0.3) is 0 Å². The van der Waals surface area contributed by atoms with Crippen molar-refractivity contribution in [2.75, 3.05) is 0 Å². The summed E-state index contributed by atoms with van der Waals surface area (Å²) in [6, 6.07) is -1.54. The lowest BCUT2D eigenvalue weighted by Crippen LogP contribution is -2.43. The minimum atomic E-state index is -4.12. The Morgan fingerprint density at radius 1 is 1.10 bits per heavy atom. The van der Waals surface area contributed by atoms with E-state index in [9.17, 15) is 13.2 Å². The highest BCUT2D eigenvalue weighted by molar-refractivity contribution is 4.70. The van der Waals surface area contributed by atoms with Gasteiger partial charge in [-0.2, -0.15) is 13.2 Å². The summed E-state index contributed by atoms with van der Waals surface area (Å²) in [7, 11) is 0. The van der Waals surface area contributed by atoms with Crippen molar-refractivity contribution in [3.05, 3.63) is 0 Å². The third-order valence-electron chi connectivity index (χ3n) is 1.07. The van der Waals surface area contributed by atoms with Crippen LogP contribution in [-0.4, -0.2) is 18.3 Å². The molecule has 0 amide bonds. The largest absolute Gasteiger partial charge is 0.403 e. The van der Waals surface area contributed by atoms with Crippen molar-refractivity contribution < 1.29 is 13.2 Å². The SMILES string of the molecule is CC(C)NC(C)C(F)(F)F. The number of alkyl halides is 3. The van der Waals surface area contributed by atoms with E-state index in [-0.39, 0.29) is 6.04 Å². The fourth-order valence-corrected chi connectivity index (χ4v) is 0.594. The topological polar surface area (TPSA) is 12.0 Å². The summed E-state index contributed by atoms with van der Waals surface area (Å²) in [4.78, 5) is 0. The summed E-state index contributed by atoms with van der Waals surface area (Å²) in [5.41, 5.74) is 0. The van der Waals surface area contributed by atoms with Crippen LogP contribution in [0, 0.1) is 0 Å². The molecule has 1 N–H and O–H groups in total. The van der Waals surface area contributed by atoms with Gasteiger partial charge in [-0.25, -0.2) is 0 Å². The number of rotatable bonds is 2. The van der Waals surface area contributed by atoms with E-state index in [1.807, 2.05) is 0 Å². The lowest BCUT2D eigenvalue weighted by Gasteiger charge is -2.19. The van der Waals surface area contributed by atoms with Crippen LogP contribution in [0.2, 0.25) is 0 Å². The molecule has 1 atom stereocenters. The fraction of sp³-hybridized carbons (Fsp3) is 1.00. The summed E-state index contributed by atoms with van der Waals surface area (Å²) in [6.07, 6.45) is -4.12. The molecule has 0 heterocycles. The summed E-state index contributed by atoms with van der Waals surface area (Å²) in [6.45, 7) is 4.48. The number of nitrogens with one attached hydrogen (secondary N) is 1. The maximum absolute atomic E-state index is 11.7. The van der Waals surface area contributed by atoms with Crippen LogP contribution in [0.4, 0.5) is 13.2 Å². The van der Waals surface area contributed by atoms with Crippen LogP contribution < -0.4 is 5.32 Å². The molecule has 0 saturated heterocycles. The molecular weight excluding hydrogens is 143 g/mol. The zero-order chi connectivity index (χ0) is 8.36. The molecule has 10 heavy (non-hydrogen) atoms. The van der Waals surface area contributed by atoms with Gasteiger partial charge >= 0.3 is 6.18 Å². The molecule has 0 aromatic carbocycles. The highest BCUT2D eigenvalue weighted by Crippen LogP contribution is 2.19. The summed E-state index contributed by atoms with van der Waals surface area (Å²) in [5, 5.41) is 2.36. The van der Waals surface area contributed by atoms with Crippen molar-refractivity contribution in [3.8, 4) is 0 Å². The molecule has 0 aliphatic carbocycles. The van der Waals surface area contributed by atoms with Gasteiger partial charge in [-0.3, -0.25) is 0 Å². The first-order valence-corrected chi connectivity index (χ1v) is 3.17. The molecule has 1 nitrogen and oxygen atoms in total. The van der Waals surface area contributed by atoms with E-state index in [2.05, 4.69) is 5.32 Å². The molecule has 0 aromatic heterocycles. The number of halogens is 3. The zero-order valence-electron chi connectivity index (χ0n) is 6.29. The van der Waals surface area contributed by atoms with E-state index in [1.54, 1.807) is 13.8 Å². The maximum Gasteiger partial charge on any atom is 0.403 e. The smallest absolute Gasteiger partial charge is 0.304 e. The van der Waals surface area contributed by atoms with Crippen LogP contribution in [0.25, 0.3) is 0 Å². The van der Waals surface area contributed by atoms with Crippen LogP contribution >= 0.6 is 0 Å². The lowest BCUT2D eigenvalue weighted by molar-refractivity contribution is -0.152. The van der Waals surface area contributed by atoms with Crippen LogP contribution in [-0.2, 0) is 0 Å². The van der Waals surface area contributed by atoms with Gasteiger partial charge in [0.15, 0.2) is 0 Å². The highest BCUT2D eigenvalue weighted by Gasteiger charge is 2.35. The van der Waals surface area contributed by atoms with E-state index in [1.165, 1.54) is 0 Å². The molecule has 4 heteroatoms. The first kappa shape index (κ1) is 9.75. The van der Waals surface area contributed by atoms with E-state index >= 15 is 0 Å². The minimum absolute atomic E-state index is 0.128. The number of hydrogen-bond donors (Lipinski definition) is 1. The van der Waals surface area contributed by atoms with E-state index in [4.69, 9.17) is 0 Å². The Balaban J connectivity index is 3.73. The quantitative estimate of drug-likeness (QED) is 0.642. The summed E-state index contributed by atoms with van der Waals surface area (Å²) < 4.78 is 35.2. The number of hydrogen-bond acceptors (Lipinski definition) is 1. The second kappa shape index (κ2) is 3.23. The molecule has 0 spiro atoms. The van der Waals surface area contributed by atoms with Crippen LogP contribution in [0.15, 0.2) is 0 Å². The monoisotopic (exact) mass is 155 g/mol. The second-order valence-corrected chi connectivity index (χ2v) is 2.58. The Kier molecular flexibility index (Phi) is 3.15. The van der Waals surface area contributed by atoms with Crippen LogP contribution in [0.3, 0.4) is 0 Å². The second-order valence-electron chi connectivity index (χ2n) is 2.58. The molecule has 0 aliphatic heterocycles. The predicted octanol–water partition coefficient (Wildman–Crippen LogP) is 1.94. The third kappa shape index (κ3) is 3.71. The van der Waals surface area contributed by atoms with Gasteiger partial charge < -0.3 is 5.32 Å². The normalized spacial score (nSPS) is 15.9. The fourth-order valence-electron chi connectivity index (χ4n) is 0.594. The highest BCUT2D eigenvalue weighted by atomic mass is 19.4. The van der Waals surface area contributed by atoms with Crippen molar-refractivity contribution in [1.82, 2.24) is 5.32 Å². The Morgan fingerprint density at radius 3 is 1.60 bits per heavy atom. The molecule has 0 rings (SSSR count). The van der Waals surface area contributed by atoms with Crippen molar-refractivity contribution >= 4 is 0 Å². The molecule has 1 unspecified atom stereocenters. The molecule has 0 radical (unpaired) electrons. The molecule has 0 bridgehead atoms. The van der Waals surface area contributed by atoms with Crippen molar-refractivity contribution in [3.63, 3.8) is 0 Å². The average molecular weight is 155 g/mol. The third-order valence-corrected chi connectivity index (χ3v) is 1.07. The van der Waals surface area contributed by atoms with Crippen LogP contribution in [0.1, 0.15) is 20.8 Å². The summed E-state index contributed by atoms with van der Waals surface area (Å²) >= 11 is 0. The van der Waals surface area contributed by atoms with E-state index in [0.717, 1.165) is 6.92 Å². The lowest BCUT2D eigenvalue weighted by atomic mass is 10.3. The summed E-state index contributed by atoms with van der Waals surface area (Å²) in [5.74, 6) is 0. The van der Waals surface area contributed by atoms with Gasteiger partial charge in [-0.1, -0.05) is 13.8 Å². The predicted molar refractivity (Wildman–Crippen MR) is 33.8 cm³/mol. The molecule has 0 saturated carbocycles. The van der Waals surface area contributed by atoms with E-state index < -0.39 is 12.2 Å². The van der Waals surface area contributed by atoms with Crippen molar-refractivity contribution in [1.29, 1.82) is 0 Å². The van der Waals surface area contributed by atoms with E-state index in [0.29, 0.717) is 0 Å². The zero-order valence-corrected chi connectivity index (χ0v) is 6.29. The van der Waals surface area contributed by atoms with Gasteiger partial charge in [0, 0.05) is 6.04 Å². The Bertz CT molecular complexity index is 97.7. The first-order chi connectivity index (χ1) is 4.34. The average Bonchev–Trinajstić information content (AvgIpc) is 1.60. The maximum atomic E-state index is 11.7. The van der Waals surface area contributed by atoms with Gasteiger partial charge in [0.1, 0.15) is 6.04 Å². The first-order valence-electron chi connectivity index (χ1n) is 3.17. The van der Waals surface area contributed by atoms with Gasteiger partial charge in [-0.15, -0.1) is 0 Å². The van der Waals surface area contributed by atoms with Gasteiger partial charge in [0.2, 0.25) is 0 Å². The van der Waals surface area contributed by atoms with Crippen molar-refractivity contribution in [2.45, 2.75) is 39.0 Å². The Hall–Kier alpha value is -0.250. The standard InChI is InChI=1S/C6H12F3N/c1-4(2)10-5(3)6(7,8)9/h4-5,10H,1-3H3. The molecular formula is C6H12F3N. The Labute approximate surface area is 58.6 Å². The minimum Gasteiger partial charge on any atom is -0.304 e. The van der Waals surface area contributed by atoms with Crippen LogP contribution in [0.5, 0.6) is 0 Å². The van der Waals surface area contributed by atoms with Gasteiger partial charge in [-0.05, 0) is 6.92 Å². The molecule has 0 fully saturated rings. The van der Waals surface area contributed by atoms with Gasteiger partial charge in [0.05, 0.1) is 0 Å².